The van der Waals surface area contributed by atoms with E-state index >= 15 is 0 Å². The van der Waals surface area contributed by atoms with Crippen molar-refractivity contribution in [1.82, 2.24) is 0 Å². The molecule has 0 spiro atoms. The summed E-state index contributed by atoms with van der Waals surface area (Å²) in [7, 11) is 0. The van der Waals surface area contributed by atoms with Gasteiger partial charge in [0, 0.05) is 12.1 Å². The van der Waals surface area contributed by atoms with Gasteiger partial charge in [-0.15, -0.1) is 0 Å². The maximum absolute atomic E-state index is 8.72. The summed E-state index contributed by atoms with van der Waals surface area (Å²) in [5.41, 5.74) is 11.5. The van der Waals surface area contributed by atoms with Crippen molar-refractivity contribution in [1.29, 1.82) is 0 Å². The van der Waals surface area contributed by atoms with E-state index in [1.54, 1.807) is 0 Å². The molecule has 0 saturated carbocycles. The van der Waals surface area contributed by atoms with Crippen molar-refractivity contribution in [2.75, 3.05) is 6.61 Å². The molecule has 0 amide bonds. The van der Waals surface area contributed by atoms with E-state index in [1.165, 1.54) is 0 Å². The van der Waals surface area contributed by atoms with Crippen molar-refractivity contribution >= 4 is 0 Å². The van der Waals surface area contributed by atoms with Gasteiger partial charge in [0.2, 0.25) is 0 Å². The van der Waals surface area contributed by atoms with Crippen LogP contribution in [0.5, 0.6) is 0 Å². The van der Waals surface area contributed by atoms with Gasteiger partial charge in [-0.3, -0.25) is 0 Å². The van der Waals surface area contributed by atoms with Crippen LogP contribution in [0.2, 0.25) is 0 Å². The van der Waals surface area contributed by atoms with Crippen LogP contribution in [-0.4, -0.2) is 40.3 Å². The highest BCUT2D eigenvalue weighted by atomic mass is 16.5. The van der Waals surface area contributed by atoms with Gasteiger partial charge in [0.25, 0.3) is 0 Å². The third-order valence-corrected chi connectivity index (χ3v) is 2.67. The maximum atomic E-state index is 8.72. The molecule has 0 saturated heterocycles. The first kappa shape index (κ1) is 15.8. The van der Waals surface area contributed by atoms with Gasteiger partial charge in [0.1, 0.15) is 0 Å². The zero-order chi connectivity index (χ0) is 12.4. The Balaban J connectivity index is 3.27. The SMILES string of the molecule is NC(CO)CCCC(N)CCCCC(O)O. The highest BCUT2D eigenvalue weighted by Gasteiger charge is 2.05. The lowest BCUT2D eigenvalue weighted by Gasteiger charge is -2.13. The Hall–Kier alpha value is -0.200. The lowest BCUT2D eigenvalue weighted by Crippen LogP contribution is -2.26. The summed E-state index contributed by atoms with van der Waals surface area (Å²) in [6.45, 7) is 0.0314. The zero-order valence-electron chi connectivity index (χ0n) is 9.89. The molecule has 7 N–H and O–H groups in total. The van der Waals surface area contributed by atoms with Gasteiger partial charge in [-0.2, -0.15) is 0 Å². The summed E-state index contributed by atoms with van der Waals surface area (Å²) >= 11 is 0. The second kappa shape index (κ2) is 9.99. The van der Waals surface area contributed by atoms with Crippen molar-refractivity contribution in [3.8, 4) is 0 Å². The van der Waals surface area contributed by atoms with E-state index in [1.807, 2.05) is 0 Å². The second-order valence-electron chi connectivity index (χ2n) is 4.40. The Morgan fingerprint density at radius 3 is 1.81 bits per heavy atom. The molecular weight excluding hydrogens is 208 g/mol. The molecule has 16 heavy (non-hydrogen) atoms. The molecule has 0 rings (SSSR count). The standard InChI is InChI=1S/C11H26N2O3/c12-9(4-1-2-7-11(15)16)5-3-6-10(13)8-14/h9-11,14-16H,1-8,12-13H2. The molecule has 0 aromatic rings. The van der Waals surface area contributed by atoms with E-state index in [-0.39, 0.29) is 18.7 Å². The molecule has 98 valence electrons. The van der Waals surface area contributed by atoms with Crippen molar-refractivity contribution in [2.24, 2.45) is 11.5 Å². The summed E-state index contributed by atoms with van der Waals surface area (Å²) in [6, 6.07) is 0.0264. The van der Waals surface area contributed by atoms with E-state index < -0.39 is 6.29 Å². The number of hydrogen-bond donors (Lipinski definition) is 5. The normalized spacial score (nSPS) is 15.4. The van der Waals surface area contributed by atoms with E-state index in [4.69, 9.17) is 26.8 Å². The van der Waals surface area contributed by atoms with Gasteiger partial charge in [0.15, 0.2) is 6.29 Å². The first-order valence-electron chi connectivity index (χ1n) is 6.04. The van der Waals surface area contributed by atoms with E-state index in [9.17, 15) is 0 Å². The Bertz CT molecular complexity index is 156. The topological polar surface area (TPSA) is 113 Å². The third kappa shape index (κ3) is 10.3. The summed E-state index contributed by atoms with van der Waals surface area (Å²) < 4.78 is 0. The highest BCUT2D eigenvalue weighted by Crippen LogP contribution is 2.09. The fourth-order valence-electron chi connectivity index (χ4n) is 1.61. The summed E-state index contributed by atoms with van der Waals surface area (Å²) in [5.74, 6) is 0. The third-order valence-electron chi connectivity index (χ3n) is 2.67. The molecule has 0 aromatic carbocycles. The largest absolute Gasteiger partial charge is 0.395 e. The Labute approximate surface area is 97.5 Å². The predicted molar refractivity (Wildman–Crippen MR) is 63.6 cm³/mol. The number of rotatable bonds is 10. The van der Waals surface area contributed by atoms with Crippen LogP contribution in [-0.2, 0) is 0 Å². The second-order valence-corrected chi connectivity index (χ2v) is 4.40. The minimum Gasteiger partial charge on any atom is -0.395 e. The number of aliphatic hydroxyl groups excluding tert-OH is 2. The van der Waals surface area contributed by atoms with Crippen molar-refractivity contribution in [2.45, 2.75) is 63.3 Å². The van der Waals surface area contributed by atoms with Crippen molar-refractivity contribution in [3.63, 3.8) is 0 Å². The van der Waals surface area contributed by atoms with Crippen LogP contribution in [0.25, 0.3) is 0 Å². The highest BCUT2D eigenvalue weighted by molar-refractivity contribution is 4.65. The van der Waals surface area contributed by atoms with Gasteiger partial charge in [-0.05, 0) is 32.1 Å². The lowest BCUT2D eigenvalue weighted by molar-refractivity contribution is -0.0466. The van der Waals surface area contributed by atoms with Crippen molar-refractivity contribution in [3.05, 3.63) is 0 Å². The van der Waals surface area contributed by atoms with E-state index in [2.05, 4.69) is 0 Å². The smallest absolute Gasteiger partial charge is 0.151 e. The molecule has 2 unspecified atom stereocenters. The first-order chi connectivity index (χ1) is 7.56. The molecule has 5 heteroatoms. The van der Waals surface area contributed by atoms with Crippen LogP contribution < -0.4 is 11.5 Å². The quantitative estimate of drug-likeness (QED) is 0.262. The average Bonchev–Trinajstić information content (AvgIpc) is 2.24. The molecular formula is C11H26N2O3. The Morgan fingerprint density at radius 2 is 1.25 bits per heavy atom. The Morgan fingerprint density at radius 1 is 0.750 bits per heavy atom. The molecule has 0 fully saturated rings. The first-order valence-corrected chi connectivity index (χ1v) is 6.04. The summed E-state index contributed by atoms with van der Waals surface area (Å²) in [5, 5.41) is 26.0. The van der Waals surface area contributed by atoms with Crippen LogP contribution in [0, 0.1) is 0 Å². The molecule has 0 heterocycles. The summed E-state index contributed by atoms with van der Waals surface area (Å²) in [4.78, 5) is 0. The number of unbranched alkanes of at least 4 members (excludes halogenated alkanes) is 1. The predicted octanol–water partition coefficient (Wildman–Crippen LogP) is -0.325. The molecule has 2 atom stereocenters. The monoisotopic (exact) mass is 234 g/mol. The molecule has 0 radical (unpaired) electrons. The molecule has 0 aliphatic heterocycles. The molecule has 5 nitrogen and oxygen atoms in total. The van der Waals surface area contributed by atoms with Crippen LogP contribution in [0.1, 0.15) is 44.9 Å². The number of aliphatic hydroxyl groups is 3. The molecule has 0 aliphatic rings. The van der Waals surface area contributed by atoms with Crippen LogP contribution in [0.3, 0.4) is 0 Å². The zero-order valence-corrected chi connectivity index (χ0v) is 9.89. The average molecular weight is 234 g/mol. The van der Waals surface area contributed by atoms with E-state index in [0.29, 0.717) is 6.42 Å². The Kier molecular flexibility index (Phi) is 9.86. The van der Waals surface area contributed by atoms with Crippen LogP contribution in [0.4, 0.5) is 0 Å². The number of nitrogens with two attached hydrogens (primary N) is 2. The summed E-state index contributed by atoms with van der Waals surface area (Å²) in [6.07, 6.45) is 4.49. The van der Waals surface area contributed by atoms with Gasteiger partial charge in [-0.25, -0.2) is 0 Å². The van der Waals surface area contributed by atoms with Gasteiger partial charge < -0.3 is 26.8 Å². The van der Waals surface area contributed by atoms with E-state index in [0.717, 1.165) is 38.5 Å². The maximum Gasteiger partial charge on any atom is 0.151 e. The molecule has 0 bridgehead atoms. The number of hydrogen-bond acceptors (Lipinski definition) is 5. The molecule has 0 aliphatic carbocycles. The minimum atomic E-state index is -1.20. The van der Waals surface area contributed by atoms with Crippen molar-refractivity contribution < 1.29 is 15.3 Å². The molecule has 0 aromatic heterocycles. The van der Waals surface area contributed by atoms with Gasteiger partial charge in [-0.1, -0.05) is 12.8 Å². The van der Waals surface area contributed by atoms with Gasteiger partial charge in [0.05, 0.1) is 6.61 Å². The van der Waals surface area contributed by atoms with Crippen LogP contribution >= 0.6 is 0 Å². The fraction of sp³-hybridized carbons (Fsp3) is 1.00. The fourth-order valence-corrected chi connectivity index (χ4v) is 1.61. The van der Waals surface area contributed by atoms with Gasteiger partial charge >= 0.3 is 0 Å². The minimum absolute atomic E-state index is 0.0314. The van der Waals surface area contributed by atoms with Crippen LogP contribution in [0.15, 0.2) is 0 Å². The lowest BCUT2D eigenvalue weighted by atomic mass is 10.0.